The molecule has 2 aromatic carbocycles. The third-order valence-corrected chi connectivity index (χ3v) is 4.74. The average Bonchev–Trinajstić information content (AvgIpc) is 3.49. The first-order valence-corrected chi connectivity index (χ1v) is 9.61. The van der Waals surface area contributed by atoms with Crippen LogP contribution in [-0.2, 0) is 6.54 Å². The molecule has 1 aliphatic rings. The zero-order chi connectivity index (χ0) is 21.1. The van der Waals surface area contributed by atoms with Gasteiger partial charge in [0, 0.05) is 12.5 Å². The molecule has 1 fully saturated rings. The average molecular weight is 415 g/mol. The van der Waals surface area contributed by atoms with Gasteiger partial charge in [0.15, 0.2) is 6.61 Å². The zero-order valence-corrected chi connectivity index (χ0v) is 16.0. The Balaban J connectivity index is 1.43. The Kier molecular flexibility index (Phi) is 5.48. The van der Waals surface area contributed by atoms with Gasteiger partial charge in [0.2, 0.25) is 0 Å². The van der Waals surface area contributed by atoms with Crippen molar-refractivity contribution in [3.8, 4) is 11.4 Å². The van der Waals surface area contributed by atoms with Crippen LogP contribution >= 0.6 is 0 Å². The second-order valence-corrected chi connectivity index (χ2v) is 7.21. The van der Waals surface area contributed by atoms with Gasteiger partial charge in [-0.25, -0.2) is 4.68 Å². The summed E-state index contributed by atoms with van der Waals surface area (Å²) in [5, 5.41) is 7.47. The number of amides is 1. The molecule has 0 saturated heterocycles. The SMILES string of the molecule is O=C(NCc1ccc(OCC(F)(F)F)cc1)c1cc(C2CC2)nn1-c1ccccc1. The molecular formula is C22H20F3N3O2. The van der Waals surface area contributed by atoms with Crippen molar-refractivity contribution in [1.82, 2.24) is 15.1 Å². The molecule has 4 rings (SSSR count). The van der Waals surface area contributed by atoms with Gasteiger partial charge in [0.05, 0.1) is 11.4 Å². The molecule has 1 N–H and O–H groups in total. The van der Waals surface area contributed by atoms with Crippen molar-refractivity contribution < 1.29 is 22.7 Å². The van der Waals surface area contributed by atoms with Crippen LogP contribution in [0.25, 0.3) is 5.69 Å². The van der Waals surface area contributed by atoms with Gasteiger partial charge in [-0.15, -0.1) is 0 Å². The fraction of sp³-hybridized carbons (Fsp3) is 0.273. The van der Waals surface area contributed by atoms with Crippen LogP contribution < -0.4 is 10.1 Å². The number of rotatable bonds is 7. The van der Waals surface area contributed by atoms with E-state index in [4.69, 9.17) is 4.74 Å². The van der Waals surface area contributed by atoms with E-state index in [1.54, 1.807) is 16.8 Å². The van der Waals surface area contributed by atoms with Gasteiger partial charge in [0.25, 0.3) is 5.91 Å². The van der Waals surface area contributed by atoms with Gasteiger partial charge in [-0.1, -0.05) is 30.3 Å². The van der Waals surface area contributed by atoms with Crippen LogP contribution in [-0.4, -0.2) is 28.5 Å². The number of halogens is 3. The molecule has 1 aromatic heterocycles. The highest BCUT2D eigenvalue weighted by atomic mass is 19.4. The fourth-order valence-corrected chi connectivity index (χ4v) is 3.05. The molecule has 0 spiro atoms. The van der Waals surface area contributed by atoms with Crippen molar-refractivity contribution in [1.29, 1.82) is 0 Å². The molecule has 1 heterocycles. The molecule has 1 amide bonds. The van der Waals surface area contributed by atoms with Crippen LogP contribution in [0.3, 0.4) is 0 Å². The summed E-state index contributed by atoms with van der Waals surface area (Å²) in [5.74, 6) is 0.264. The van der Waals surface area contributed by atoms with Crippen LogP contribution in [0.4, 0.5) is 13.2 Å². The molecule has 5 nitrogen and oxygen atoms in total. The molecule has 3 aromatic rings. The molecular weight excluding hydrogens is 395 g/mol. The first-order valence-electron chi connectivity index (χ1n) is 9.61. The predicted octanol–water partition coefficient (Wildman–Crippen LogP) is 4.62. The highest BCUT2D eigenvalue weighted by Crippen LogP contribution is 2.39. The van der Waals surface area contributed by atoms with Crippen molar-refractivity contribution in [2.45, 2.75) is 31.5 Å². The van der Waals surface area contributed by atoms with Gasteiger partial charge < -0.3 is 10.1 Å². The van der Waals surface area contributed by atoms with Gasteiger partial charge in [-0.05, 0) is 48.7 Å². The Hall–Kier alpha value is -3.29. The molecule has 156 valence electrons. The molecule has 30 heavy (non-hydrogen) atoms. The van der Waals surface area contributed by atoms with Crippen molar-refractivity contribution >= 4 is 5.91 Å². The Morgan fingerprint density at radius 2 is 1.80 bits per heavy atom. The highest BCUT2D eigenvalue weighted by Gasteiger charge is 2.29. The number of ether oxygens (including phenoxy) is 1. The van der Waals surface area contributed by atoms with Crippen molar-refractivity contribution in [2.75, 3.05) is 6.61 Å². The molecule has 0 radical (unpaired) electrons. The minimum Gasteiger partial charge on any atom is -0.484 e. The summed E-state index contributed by atoms with van der Waals surface area (Å²) in [6.45, 7) is -1.10. The van der Waals surface area contributed by atoms with Gasteiger partial charge in [0.1, 0.15) is 11.4 Å². The standard InChI is InChI=1S/C22H20F3N3O2/c23-22(24,25)14-30-18-10-6-15(7-11-18)13-26-21(29)20-12-19(16-8-9-16)27-28(20)17-4-2-1-3-5-17/h1-7,10-12,16H,8-9,13-14H2,(H,26,29). The number of benzene rings is 2. The summed E-state index contributed by atoms with van der Waals surface area (Å²) in [6.07, 6.45) is -2.22. The minimum absolute atomic E-state index is 0.124. The van der Waals surface area contributed by atoms with Crippen molar-refractivity contribution in [2.24, 2.45) is 0 Å². The Bertz CT molecular complexity index is 1010. The van der Waals surface area contributed by atoms with E-state index in [0.717, 1.165) is 29.8 Å². The number of hydrogen-bond acceptors (Lipinski definition) is 3. The van der Waals surface area contributed by atoms with Gasteiger partial charge >= 0.3 is 6.18 Å². The highest BCUT2D eigenvalue weighted by molar-refractivity contribution is 5.93. The zero-order valence-electron chi connectivity index (χ0n) is 16.0. The van der Waals surface area contributed by atoms with E-state index in [9.17, 15) is 18.0 Å². The normalized spacial score (nSPS) is 13.8. The lowest BCUT2D eigenvalue weighted by Crippen LogP contribution is -2.25. The van der Waals surface area contributed by atoms with E-state index in [2.05, 4.69) is 10.4 Å². The van der Waals surface area contributed by atoms with Gasteiger partial charge in [-0.3, -0.25) is 4.79 Å². The first-order chi connectivity index (χ1) is 14.4. The van der Waals surface area contributed by atoms with E-state index in [-0.39, 0.29) is 18.2 Å². The van der Waals surface area contributed by atoms with E-state index in [1.807, 2.05) is 36.4 Å². The summed E-state index contributed by atoms with van der Waals surface area (Å²) >= 11 is 0. The van der Waals surface area contributed by atoms with E-state index in [1.165, 1.54) is 12.1 Å². The molecule has 0 bridgehead atoms. The van der Waals surface area contributed by atoms with Crippen LogP contribution in [0.5, 0.6) is 5.75 Å². The second kappa shape index (κ2) is 8.22. The monoisotopic (exact) mass is 415 g/mol. The van der Waals surface area contributed by atoms with Crippen LogP contribution in [0, 0.1) is 0 Å². The lowest BCUT2D eigenvalue weighted by Gasteiger charge is -2.10. The number of carbonyl (C=O) groups is 1. The maximum Gasteiger partial charge on any atom is 0.422 e. The van der Waals surface area contributed by atoms with Crippen LogP contribution in [0.15, 0.2) is 60.7 Å². The molecule has 1 saturated carbocycles. The van der Waals surface area contributed by atoms with Crippen LogP contribution in [0.2, 0.25) is 0 Å². The Morgan fingerprint density at radius 1 is 1.10 bits per heavy atom. The smallest absolute Gasteiger partial charge is 0.422 e. The maximum atomic E-state index is 12.8. The number of alkyl halides is 3. The molecule has 0 unspecified atom stereocenters. The number of aromatic nitrogens is 2. The maximum absolute atomic E-state index is 12.8. The summed E-state index contributed by atoms with van der Waals surface area (Å²) < 4.78 is 43.0. The van der Waals surface area contributed by atoms with E-state index in [0.29, 0.717) is 11.6 Å². The number of carbonyl (C=O) groups excluding carboxylic acids is 1. The second-order valence-electron chi connectivity index (χ2n) is 7.21. The van der Waals surface area contributed by atoms with Crippen molar-refractivity contribution in [3.63, 3.8) is 0 Å². The summed E-state index contributed by atoms with van der Waals surface area (Å²) in [4.78, 5) is 12.8. The Labute approximate surface area is 171 Å². The van der Waals surface area contributed by atoms with E-state index < -0.39 is 12.8 Å². The molecule has 1 aliphatic carbocycles. The van der Waals surface area contributed by atoms with Gasteiger partial charge in [-0.2, -0.15) is 18.3 Å². The molecule has 8 heteroatoms. The lowest BCUT2D eigenvalue weighted by molar-refractivity contribution is -0.153. The topological polar surface area (TPSA) is 56.1 Å². The summed E-state index contributed by atoms with van der Waals surface area (Å²) in [5.41, 5.74) is 2.92. The molecule has 0 aliphatic heterocycles. The third kappa shape index (κ3) is 5.00. The third-order valence-electron chi connectivity index (χ3n) is 4.74. The lowest BCUT2D eigenvalue weighted by atomic mass is 10.2. The number of nitrogens with zero attached hydrogens (tertiary/aromatic N) is 2. The first kappa shape index (κ1) is 20.0. The number of hydrogen-bond donors (Lipinski definition) is 1. The minimum atomic E-state index is -4.38. The van der Waals surface area contributed by atoms with Crippen molar-refractivity contribution in [3.05, 3.63) is 77.6 Å². The number of nitrogens with one attached hydrogen (secondary N) is 1. The van der Waals surface area contributed by atoms with E-state index >= 15 is 0 Å². The molecule has 0 atom stereocenters. The van der Waals surface area contributed by atoms with Crippen LogP contribution in [0.1, 0.15) is 40.5 Å². The summed E-state index contributed by atoms with van der Waals surface area (Å²) in [6, 6.07) is 17.4. The predicted molar refractivity (Wildman–Crippen MR) is 105 cm³/mol. The summed E-state index contributed by atoms with van der Waals surface area (Å²) in [7, 11) is 0. The fourth-order valence-electron chi connectivity index (χ4n) is 3.05. The quantitative estimate of drug-likeness (QED) is 0.613. The largest absolute Gasteiger partial charge is 0.484 e. The Morgan fingerprint density at radius 3 is 2.43 bits per heavy atom. The number of para-hydroxylation sites is 1.